The number of nitrogens with two attached hydrogens (primary N) is 1. The van der Waals surface area contributed by atoms with Gasteiger partial charge < -0.3 is 16.2 Å². The van der Waals surface area contributed by atoms with Crippen LogP contribution in [0.3, 0.4) is 0 Å². The van der Waals surface area contributed by atoms with Gasteiger partial charge in [0, 0.05) is 11.4 Å². The SMILES string of the molecule is CC(CO)(Nc1cccc(N)c1)c1ccccc1. The third kappa shape index (κ3) is 2.63. The number of aliphatic hydroxyl groups is 1. The van der Waals surface area contributed by atoms with Gasteiger partial charge in [-0.15, -0.1) is 0 Å². The van der Waals surface area contributed by atoms with E-state index in [1.807, 2.05) is 61.5 Å². The summed E-state index contributed by atoms with van der Waals surface area (Å²) in [6.07, 6.45) is 0. The molecule has 18 heavy (non-hydrogen) atoms. The highest BCUT2D eigenvalue weighted by Gasteiger charge is 2.25. The zero-order chi connectivity index (χ0) is 13.0. The molecule has 2 aromatic rings. The third-order valence-electron chi connectivity index (χ3n) is 3.03. The van der Waals surface area contributed by atoms with Crippen LogP contribution in [0.25, 0.3) is 0 Å². The van der Waals surface area contributed by atoms with Crippen LogP contribution in [0.5, 0.6) is 0 Å². The molecule has 3 nitrogen and oxygen atoms in total. The molecule has 0 bridgehead atoms. The number of rotatable bonds is 4. The topological polar surface area (TPSA) is 58.3 Å². The summed E-state index contributed by atoms with van der Waals surface area (Å²) in [6, 6.07) is 17.4. The maximum Gasteiger partial charge on any atom is 0.0828 e. The van der Waals surface area contributed by atoms with Crippen molar-refractivity contribution in [1.82, 2.24) is 0 Å². The predicted octanol–water partition coefficient (Wildman–Crippen LogP) is 2.59. The van der Waals surface area contributed by atoms with Crippen LogP contribution < -0.4 is 11.1 Å². The lowest BCUT2D eigenvalue weighted by atomic mass is 9.92. The molecule has 0 heterocycles. The highest BCUT2D eigenvalue weighted by Crippen LogP contribution is 2.26. The zero-order valence-corrected chi connectivity index (χ0v) is 10.4. The lowest BCUT2D eigenvalue weighted by molar-refractivity contribution is 0.224. The van der Waals surface area contributed by atoms with Crippen LogP contribution >= 0.6 is 0 Å². The maximum atomic E-state index is 9.68. The Balaban J connectivity index is 2.29. The average Bonchev–Trinajstić information content (AvgIpc) is 2.39. The fourth-order valence-electron chi connectivity index (χ4n) is 1.94. The summed E-state index contributed by atoms with van der Waals surface area (Å²) in [7, 11) is 0. The van der Waals surface area contributed by atoms with Crippen molar-refractivity contribution < 1.29 is 5.11 Å². The molecule has 0 fully saturated rings. The second-order valence-electron chi connectivity index (χ2n) is 4.61. The van der Waals surface area contributed by atoms with E-state index >= 15 is 0 Å². The van der Waals surface area contributed by atoms with Gasteiger partial charge in [0.15, 0.2) is 0 Å². The predicted molar refractivity (Wildman–Crippen MR) is 75.4 cm³/mol. The molecule has 0 aromatic heterocycles. The number of anilines is 2. The van der Waals surface area contributed by atoms with E-state index in [4.69, 9.17) is 5.73 Å². The summed E-state index contributed by atoms with van der Waals surface area (Å²) in [5.41, 5.74) is 7.87. The fraction of sp³-hybridized carbons (Fsp3) is 0.200. The molecule has 94 valence electrons. The van der Waals surface area contributed by atoms with Crippen molar-refractivity contribution in [2.45, 2.75) is 12.5 Å². The Hall–Kier alpha value is -2.00. The molecule has 4 N–H and O–H groups in total. The summed E-state index contributed by atoms with van der Waals surface area (Å²) >= 11 is 0. The van der Waals surface area contributed by atoms with E-state index in [2.05, 4.69) is 5.32 Å². The summed E-state index contributed by atoms with van der Waals surface area (Å²) in [6.45, 7) is 1.97. The molecule has 3 heteroatoms. The number of hydrogen-bond donors (Lipinski definition) is 3. The Kier molecular flexibility index (Phi) is 3.53. The molecule has 2 rings (SSSR count). The molecule has 1 unspecified atom stereocenters. The second kappa shape index (κ2) is 5.10. The van der Waals surface area contributed by atoms with E-state index in [0.29, 0.717) is 5.69 Å². The van der Waals surface area contributed by atoms with Crippen molar-refractivity contribution in [3.8, 4) is 0 Å². The number of benzene rings is 2. The van der Waals surface area contributed by atoms with Crippen LogP contribution in [0, 0.1) is 0 Å². The van der Waals surface area contributed by atoms with E-state index in [1.54, 1.807) is 0 Å². The molecule has 0 aliphatic rings. The Morgan fingerprint density at radius 2 is 1.83 bits per heavy atom. The molecular weight excluding hydrogens is 224 g/mol. The van der Waals surface area contributed by atoms with Gasteiger partial charge in [0.25, 0.3) is 0 Å². The first kappa shape index (κ1) is 12.5. The van der Waals surface area contributed by atoms with E-state index < -0.39 is 5.54 Å². The van der Waals surface area contributed by atoms with Gasteiger partial charge in [-0.05, 0) is 30.7 Å². The standard InChI is InChI=1S/C15H18N2O/c1-15(11-18,12-6-3-2-4-7-12)17-14-9-5-8-13(16)10-14/h2-10,17-18H,11,16H2,1H3. The van der Waals surface area contributed by atoms with Gasteiger partial charge in [-0.1, -0.05) is 36.4 Å². The zero-order valence-electron chi connectivity index (χ0n) is 10.4. The molecule has 1 atom stereocenters. The number of nitrogens with one attached hydrogen (secondary N) is 1. The van der Waals surface area contributed by atoms with Gasteiger partial charge in [-0.2, -0.15) is 0 Å². The van der Waals surface area contributed by atoms with Crippen LogP contribution in [0.4, 0.5) is 11.4 Å². The first-order valence-corrected chi connectivity index (χ1v) is 5.94. The molecule has 0 radical (unpaired) electrons. The lowest BCUT2D eigenvalue weighted by Gasteiger charge is -2.30. The molecule has 0 amide bonds. The number of aliphatic hydroxyl groups excluding tert-OH is 1. The Morgan fingerprint density at radius 3 is 2.44 bits per heavy atom. The molecule has 0 saturated carbocycles. The summed E-state index contributed by atoms with van der Waals surface area (Å²) in [4.78, 5) is 0. The highest BCUT2D eigenvalue weighted by molar-refractivity contribution is 5.56. The van der Waals surface area contributed by atoms with Crippen LogP contribution in [-0.2, 0) is 5.54 Å². The van der Waals surface area contributed by atoms with Crippen molar-refractivity contribution in [2.24, 2.45) is 0 Å². The van der Waals surface area contributed by atoms with Gasteiger partial charge in [-0.3, -0.25) is 0 Å². The minimum Gasteiger partial charge on any atom is -0.399 e. The Labute approximate surface area is 107 Å². The van der Waals surface area contributed by atoms with Crippen LogP contribution in [-0.4, -0.2) is 11.7 Å². The van der Waals surface area contributed by atoms with Crippen molar-refractivity contribution in [3.63, 3.8) is 0 Å². The van der Waals surface area contributed by atoms with E-state index in [0.717, 1.165) is 11.3 Å². The van der Waals surface area contributed by atoms with E-state index in [1.165, 1.54) is 0 Å². The monoisotopic (exact) mass is 242 g/mol. The maximum absolute atomic E-state index is 9.68. The molecular formula is C15H18N2O. The Morgan fingerprint density at radius 1 is 1.11 bits per heavy atom. The van der Waals surface area contributed by atoms with Gasteiger partial charge in [0.05, 0.1) is 12.1 Å². The summed E-state index contributed by atoms with van der Waals surface area (Å²) in [5.74, 6) is 0. The van der Waals surface area contributed by atoms with Crippen molar-refractivity contribution >= 4 is 11.4 Å². The smallest absolute Gasteiger partial charge is 0.0828 e. The van der Waals surface area contributed by atoms with Crippen LogP contribution in [0.15, 0.2) is 54.6 Å². The van der Waals surface area contributed by atoms with E-state index in [9.17, 15) is 5.11 Å². The van der Waals surface area contributed by atoms with Crippen molar-refractivity contribution in [2.75, 3.05) is 17.7 Å². The third-order valence-corrected chi connectivity index (χ3v) is 3.03. The van der Waals surface area contributed by atoms with E-state index in [-0.39, 0.29) is 6.61 Å². The van der Waals surface area contributed by atoms with Crippen LogP contribution in [0.2, 0.25) is 0 Å². The highest BCUT2D eigenvalue weighted by atomic mass is 16.3. The molecule has 0 spiro atoms. The minimum absolute atomic E-state index is 0.00577. The fourth-order valence-corrected chi connectivity index (χ4v) is 1.94. The molecule has 2 aromatic carbocycles. The lowest BCUT2D eigenvalue weighted by Crippen LogP contribution is -2.35. The van der Waals surface area contributed by atoms with Crippen LogP contribution in [0.1, 0.15) is 12.5 Å². The molecule has 0 aliphatic heterocycles. The first-order chi connectivity index (χ1) is 8.64. The summed E-state index contributed by atoms with van der Waals surface area (Å²) < 4.78 is 0. The molecule has 0 aliphatic carbocycles. The van der Waals surface area contributed by atoms with Gasteiger partial charge in [0.2, 0.25) is 0 Å². The summed E-state index contributed by atoms with van der Waals surface area (Å²) in [5, 5.41) is 13.0. The second-order valence-corrected chi connectivity index (χ2v) is 4.61. The van der Waals surface area contributed by atoms with Gasteiger partial charge in [0.1, 0.15) is 0 Å². The normalized spacial score (nSPS) is 13.9. The molecule has 0 saturated heterocycles. The first-order valence-electron chi connectivity index (χ1n) is 5.94. The largest absolute Gasteiger partial charge is 0.399 e. The number of hydrogen-bond acceptors (Lipinski definition) is 3. The quantitative estimate of drug-likeness (QED) is 0.722. The van der Waals surface area contributed by atoms with Gasteiger partial charge in [-0.25, -0.2) is 0 Å². The average molecular weight is 242 g/mol. The number of nitrogen functional groups attached to an aromatic ring is 1. The van der Waals surface area contributed by atoms with Gasteiger partial charge >= 0.3 is 0 Å². The van der Waals surface area contributed by atoms with Crippen molar-refractivity contribution in [1.29, 1.82) is 0 Å². The van der Waals surface area contributed by atoms with Crippen molar-refractivity contribution in [3.05, 3.63) is 60.2 Å². The Bertz CT molecular complexity index is 513. The minimum atomic E-state index is -0.519.